The summed E-state index contributed by atoms with van der Waals surface area (Å²) < 4.78 is 57.5. The highest BCUT2D eigenvalue weighted by atomic mass is 32.1. The maximum atomic E-state index is 15.5. The first-order valence-corrected chi connectivity index (χ1v) is 13.2. The van der Waals surface area contributed by atoms with Gasteiger partial charge in [0.1, 0.15) is 5.67 Å². The van der Waals surface area contributed by atoms with Crippen LogP contribution in [0.3, 0.4) is 0 Å². The summed E-state index contributed by atoms with van der Waals surface area (Å²) >= 11 is 1.52. The minimum Gasteiger partial charge on any atom is -0.468 e. The number of carbonyl (C=O) groups is 1. The molecule has 2 aromatic rings. The fourth-order valence-electron chi connectivity index (χ4n) is 4.89. The Hall–Kier alpha value is -2.27. The summed E-state index contributed by atoms with van der Waals surface area (Å²) in [6.45, 7) is 2.58. The van der Waals surface area contributed by atoms with Crippen molar-refractivity contribution in [3.63, 3.8) is 0 Å². The number of thiazole rings is 1. The Morgan fingerprint density at radius 2 is 1.97 bits per heavy atom. The molecule has 0 aromatic carbocycles. The van der Waals surface area contributed by atoms with Crippen molar-refractivity contribution in [2.75, 3.05) is 26.2 Å². The molecule has 0 atom stereocenters. The van der Waals surface area contributed by atoms with Gasteiger partial charge in [0, 0.05) is 49.2 Å². The van der Waals surface area contributed by atoms with E-state index in [2.05, 4.69) is 20.2 Å². The topological polar surface area (TPSA) is 67.4 Å². The number of hydrogen-bond acceptors (Lipinski definition) is 6. The summed E-state index contributed by atoms with van der Waals surface area (Å²) in [7, 11) is 0. The van der Waals surface area contributed by atoms with Gasteiger partial charge in [-0.25, -0.2) is 14.4 Å². The molecule has 3 heterocycles. The zero-order valence-corrected chi connectivity index (χ0v) is 21.2. The lowest BCUT2D eigenvalue weighted by atomic mass is 9.81. The van der Waals surface area contributed by atoms with E-state index in [-0.39, 0.29) is 24.2 Å². The van der Waals surface area contributed by atoms with Crippen molar-refractivity contribution in [2.24, 2.45) is 0 Å². The van der Waals surface area contributed by atoms with Crippen molar-refractivity contribution in [1.29, 1.82) is 0 Å². The van der Waals surface area contributed by atoms with E-state index in [4.69, 9.17) is 4.74 Å². The second-order valence-electron chi connectivity index (χ2n) is 9.78. The van der Waals surface area contributed by atoms with Crippen LogP contribution in [0.1, 0.15) is 54.1 Å². The van der Waals surface area contributed by atoms with Crippen LogP contribution in [-0.4, -0.2) is 64.9 Å². The molecule has 4 rings (SSSR count). The molecule has 0 saturated heterocycles. The summed E-state index contributed by atoms with van der Waals surface area (Å²) in [4.78, 5) is 23.1. The van der Waals surface area contributed by atoms with Gasteiger partial charge in [-0.15, -0.1) is 11.3 Å². The van der Waals surface area contributed by atoms with E-state index in [1.54, 1.807) is 6.07 Å². The number of nitrogens with zero attached hydrogens (tertiary/aromatic N) is 3. The predicted octanol–water partition coefficient (Wildman–Crippen LogP) is 4.59. The Bertz CT molecular complexity index is 1040. The number of pyridine rings is 1. The molecule has 2 aromatic heterocycles. The van der Waals surface area contributed by atoms with Crippen molar-refractivity contribution in [3.05, 3.63) is 39.5 Å². The minimum absolute atomic E-state index is 0.00590. The molecule has 1 aliphatic carbocycles. The third kappa shape index (κ3) is 7.86. The molecular weight excluding hydrogens is 496 g/mol. The summed E-state index contributed by atoms with van der Waals surface area (Å²) in [6, 6.07) is 3.25. The third-order valence-corrected chi connectivity index (χ3v) is 7.74. The zero-order chi connectivity index (χ0) is 25.8. The van der Waals surface area contributed by atoms with Crippen LogP contribution in [0.4, 0.5) is 17.6 Å². The lowest BCUT2D eigenvalue weighted by molar-refractivity contribution is -0.154. The van der Waals surface area contributed by atoms with Crippen LogP contribution in [0.2, 0.25) is 0 Å². The van der Waals surface area contributed by atoms with Crippen LogP contribution >= 0.6 is 11.3 Å². The van der Waals surface area contributed by atoms with Crippen LogP contribution in [0.25, 0.3) is 0 Å². The molecule has 1 saturated carbocycles. The van der Waals surface area contributed by atoms with E-state index in [1.165, 1.54) is 17.4 Å². The highest BCUT2D eigenvalue weighted by Crippen LogP contribution is 2.35. The molecule has 2 aliphatic rings. The second kappa shape index (κ2) is 11.4. The van der Waals surface area contributed by atoms with Crippen molar-refractivity contribution >= 4 is 17.2 Å². The zero-order valence-electron chi connectivity index (χ0n) is 20.4. The monoisotopic (exact) mass is 528 g/mol. The lowest BCUT2D eigenvalue weighted by Crippen LogP contribution is -2.43. The van der Waals surface area contributed by atoms with Crippen LogP contribution in [-0.2, 0) is 24.1 Å². The highest BCUT2D eigenvalue weighted by Gasteiger charge is 2.36. The molecule has 1 aliphatic heterocycles. The normalized spacial score (nSPS) is 23.1. The molecule has 198 valence electrons. The highest BCUT2D eigenvalue weighted by molar-refractivity contribution is 7.09. The van der Waals surface area contributed by atoms with Gasteiger partial charge in [-0.2, -0.15) is 13.2 Å². The largest absolute Gasteiger partial charge is 0.468 e. The summed E-state index contributed by atoms with van der Waals surface area (Å²) in [5.41, 5.74) is 1.26. The van der Waals surface area contributed by atoms with E-state index < -0.39 is 18.5 Å². The van der Waals surface area contributed by atoms with Gasteiger partial charge in [-0.1, -0.05) is 6.07 Å². The molecule has 36 heavy (non-hydrogen) atoms. The van der Waals surface area contributed by atoms with Crippen LogP contribution in [0.15, 0.2) is 17.5 Å². The van der Waals surface area contributed by atoms with Gasteiger partial charge in [-0.05, 0) is 51.0 Å². The first-order valence-electron chi connectivity index (χ1n) is 12.4. The second-order valence-corrected chi connectivity index (χ2v) is 10.8. The Morgan fingerprint density at radius 3 is 2.67 bits per heavy atom. The van der Waals surface area contributed by atoms with Crippen molar-refractivity contribution < 1.29 is 27.1 Å². The number of ether oxygens (including phenoxy) is 1. The molecular formula is C25H32F4N4O2S. The molecule has 1 N–H and O–H groups in total. The quantitative estimate of drug-likeness (QED) is 0.508. The Morgan fingerprint density at radius 1 is 1.22 bits per heavy atom. The van der Waals surface area contributed by atoms with Gasteiger partial charge < -0.3 is 15.0 Å². The van der Waals surface area contributed by atoms with Gasteiger partial charge >= 0.3 is 6.18 Å². The molecule has 0 unspecified atom stereocenters. The fourth-order valence-corrected chi connectivity index (χ4v) is 5.50. The van der Waals surface area contributed by atoms with Crippen molar-refractivity contribution in [2.45, 2.75) is 76.2 Å². The van der Waals surface area contributed by atoms with E-state index in [1.807, 2.05) is 12.3 Å². The van der Waals surface area contributed by atoms with Gasteiger partial charge in [0.25, 0.3) is 0 Å². The first kappa shape index (κ1) is 26.8. The smallest absolute Gasteiger partial charge is 0.422 e. The Kier molecular flexibility index (Phi) is 8.49. The maximum Gasteiger partial charge on any atom is 0.422 e. The van der Waals surface area contributed by atoms with E-state index in [0.717, 1.165) is 28.5 Å². The van der Waals surface area contributed by atoms with Crippen LogP contribution in [0.5, 0.6) is 5.88 Å². The number of amides is 1. The molecule has 0 radical (unpaired) electrons. The molecule has 0 bridgehead atoms. The number of carbonyl (C=O) groups excluding carboxylic acids is 1. The van der Waals surface area contributed by atoms with Gasteiger partial charge in [0.15, 0.2) is 6.61 Å². The van der Waals surface area contributed by atoms with Crippen LogP contribution < -0.4 is 10.1 Å². The van der Waals surface area contributed by atoms with Gasteiger partial charge in [-0.3, -0.25) is 4.79 Å². The van der Waals surface area contributed by atoms with Crippen LogP contribution in [0, 0.1) is 6.92 Å². The number of fused-ring (bicyclic) bond motifs is 1. The Balaban J connectivity index is 1.19. The third-order valence-electron chi connectivity index (χ3n) is 6.92. The standard InChI is InChI=1S/C25H32F4N4O2S/c1-17-30-20(15-36-17)14-22(34)31-19-4-8-24(26,9-5-19)10-13-33-11-6-18-2-3-23(32-21(18)7-12-33)35-16-25(27,28)29/h2-3,15,19H,4-14,16H2,1H3,(H,31,34). The Labute approximate surface area is 212 Å². The fraction of sp³-hybridized carbons (Fsp3) is 0.640. The maximum absolute atomic E-state index is 15.5. The minimum atomic E-state index is -4.40. The number of rotatable bonds is 8. The van der Waals surface area contributed by atoms with E-state index in [9.17, 15) is 18.0 Å². The summed E-state index contributed by atoms with van der Waals surface area (Å²) in [6.07, 6.45) is -0.341. The van der Waals surface area contributed by atoms with Crippen molar-refractivity contribution in [3.8, 4) is 5.88 Å². The van der Waals surface area contributed by atoms with Gasteiger partial charge in [0.2, 0.25) is 11.8 Å². The van der Waals surface area contributed by atoms with Crippen molar-refractivity contribution in [1.82, 2.24) is 20.2 Å². The van der Waals surface area contributed by atoms with Gasteiger partial charge in [0.05, 0.1) is 17.1 Å². The SMILES string of the molecule is Cc1nc(CC(=O)NC2CCC(F)(CCN3CCc4ccc(OCC(F)(F)F)nc4CC3)CC2)cs1. The van der Waals surface area contributed by atoms with E-state index >= 15 is 4.39 Å². The molecule has 6 nitrogen and oxygen atoms in total. The molecule has 11 heteroatoms. The molecule has 1 amide bonds. The molecule has 1 fully saturated rings. The number of alkyl halides is 4. The first-order chi connectivity index (χ1) is 17.1. The summed E-state index contributed by atoms with van der Waals surface area (Å²) in [5.74, 6) is -0.0888. The predicted molar refractivity (Wildman–Crippen MR) is 129 cm³/mol. The van der Waals surface area contributed by atoms with E-state index in [0.29, 0.717) is 58.0 Å². The number of halogens is 4. The number of aromatic nitrogens is 2. The number of hydrogen-bond donors (Lipinski definition) is 1. The average molecular weight is 529 g/mol. The number of aryl methyl sites for hydroxylation is 1. The lowest BCUT2D eigenvalue weighted by Gasteiger charge is -2.35. The summed E-state index contributed by atoms with van der Waals surface area (Å²) in [5, 5.41) is 5.85. The average Bonchev–Trinajstić information content (AvgIpc) is 3.11. The molecule has 0 spiro atoms. The number of nitrogens with one attached hydrogen (secondary N) is 1.